The molecule has 1 aliphatic carbocycles. The standard InChI is InChI=1S/C17H23N3S/c1-20-11-5-8-15(20)16-12-19-17(21-16)13-18-10-9-14-6-3-2-4-7-14/h5-6,8,11-12,18H,2-4,7,9-10,13H2,1H3. The lowest BCUT2D eigenvalue weighted by Gasteiger charge is -2.12. The molecule has 0 amide bonds. The Morgan fingerprint density at radius 1 is 1.38 bits per heavy atom. The van der Waals surface area contributed by atoms with Crippen molar-refractivity contribution in [3.8, 4) is 10.6 Å². The molecule has 2 heterocycles. The van der Waals surface area contributed by atoms with Gasteiger partial charge in [-0.05, 0) is 50.8 Å². The van der Waals surface area contributed by atoms with Crippen molar-refractivity contribution in [1.29, 1.82) is 0 Å². The summed E-state index contributed by atoms with van der Waals surface area (Å²) in [5, 5.41) is 4.69. The second kappa shape index (κ2) is 7.05. The van der Waals surface area contributed by atoms with Gasteiger partial charge in [0.2, 0.25) is 0 Å². The van der Waals surface area contributed by atoms with Gasteiger partial charge in [-0.2, -0.15) is 0 Å². The lowest BCUT2D eigenvalue weighted by atomic mass is 9.97. The van der Waals surface area contributed by atoms with Gasteiger partial charge >= 0.3 is 0 Å². The van der Waals surface area contributed by atoms with Gasteiger partial charge in [-0.15, -0.1) is 11.3 Å². The molecule has 2 aromatic rings. The van der Waals surface area contributed by atoms with E-state index < -0.39 is 0 Å². The van der Waals surface area contributed by atoms with E-state index in [4.69, 9.17) is 0 Å². The number of thiazole rings is 1. The summed E-state index contributed by atoms with van der Waals surface area (Å²) in [6.45, 7) is 1.94. The molecular formula is C17H23N3S. The second-order valence-electron chi connectivity index (χ2n) is 5.66. The lowest BCUT2D eigenvalue weighted by molar-refractivity contribution is 0.631. The first-order valence-electron chi connectivity index (χ1n) is 7.78. The van der Waals surface area contributed by atoms with Gasteiger partial charge < -0.3 is 9.88 Å². The van der Waals surface area contributed by atoms with E-state index in [0.29, 0.717) is 0 Å². The molecule has 1 aliphatic rings. The monoisotopic (exact) mass is 301 g/mol. The van der Waals surface area contributed by atoms with Crippen LogP contribution in [0.25, 0.3) is 10.6 Å². The van der Waals surface area contributed by atoms with Gasteiger partial charge in [0, 0.05) is 26.0 Å². The third kappa shape index (κ3) is 3.83. The Labute approximate surface area is 130 Å². The van der Waals surface area contributed by atoms with Crippen LogP contribution in [-0.4, -0.2) is 16.1 Å². The topological polar surface area (TPSA) is 29.9 Å². The molecule has 3 rings (SSSR count). The Morgan fingerprint density at radius 3 is 3.10 bits per heavy atom. The Hall–Kier alpha value is -1.39. The molecule has 0 saturated heterocycles. The van der Waals surface area contributed by atoms with Gasteiger partial charge in [0.25, 0.3) is 0 Å². The third-order valence-electron chi connectivity index (χ3n) is 4.03. The van der Waals surface area contributed by atoms with Gasteiger partial charge in [0.15, 0.2) is 0 Å². The smallest absolute Gasteiger partial charge is 0.107 e. The molecule has 112 valence electrons. The Bertz CT molecular complexity index is 609. The van der Waals surface area contributed by atoms with Gasteiger partial charge in [-0.25, -0.2) is 4.98 Å². The molecule has 1 N–H and O–H groups in total. The molecule has 0 aliphatic heterocycles. The number of allylic oxidation sites excluding steroid dienone is 1. The molecule has 0 bridgehead atoms. The Balaban J connectivity index is 1.47. The maximum Gasteiger partial charge on any atom is 0.107 e. The second-order valence-corrected chi connectivity index (χ2v) is 6.77. The molecule has 0 atom stereocenters. The van der Waals surface area contributed by atoms with E-state index in [9.17, 15) is 0 Å². The fraction of sp³-hybridized carbons (Fsp3) is 0.471. The van der Waals surface area contributed by atoms with Crippen molar-refractivity contribution in [3.63, 3.8) is 0 Å². The van der Waals surface area contributed by atoms with Crippen LogP contribution in [0.3, 0.4) is 0 Å². The number of nitrogens with zero attached hydrogens (tertiary/aromatic N) is 2. The molecule has 4 heteroatoms. The zero-order chi connectivity index (χ0) is 14.5. The maximum absolute atomic E-state index is 4.53. The molecule has 2 aromatic heterocycles. The van der Waals surface area contributed by atoms with E-state index in [0.717, 1.165) is 13.1 Å². The molecule has 21 heavy (non-hydrogen) atoms. The zero-order valence-electron chi connectivity index (χ0n) is 12.6. The van der Waals surface area contributed by atoms with Crippen LogP contribution >= 0.6 is 11.3 Å². The van der Waals surface area contributed by atoms with E-state index >= 15 is 0 Å². The average Bonchev–Trinajstić information content (AvgIpc) is 3.13. The van der Waals surface area contributed by atoms with Crippen LogP contribution in [0.2, 0.25) is 0 Å². The maximum atomic E-state index is 4.53. The van der Waals surface area contributed by atoms with Gasteiger partial charge in [-0.1, -0.05) is 11.6 Å². The zero-order valence-corrected chi connectivity index (χ0v) is 13.5. The van der Waals surface area contributed by atoms with E-state index in [2.05, 4.69) is 46.3 Å². The molecule has 0 fully saturated rings. The van der Waals surface area contributed by atoms with Crippen molar-refractivity contribution in [2.24, 2.45) is 7.05 Å². The number of aromatic nitrogens is 2. The molecular weight excluding hydrogens is 278 g/mol. The average molecular weight is 301 g/mol. The number of nitrogens with one attached hydrogen (secondary N) is 1. The summed E-state index contributed by atoms with van der Waals surface area (Å²) >= 11 is 1.78. The molecule has 0 saturated carbocycles. The first kappa shape index (κ1) is 14.5. The number of hydrogen-bond donors (Lipinski definition) is 1. The minimum absolute atomic E-state index is 0.877. The fourth-order valence-corrected chi connectivity index (χ4v) is 3.76. The SMILES string of the molecule is Cn1cccc1-c1cnc(CNCCC2=CCCCC2)s1. The van der Waals surface area contributed by atoms with Crippen molar-refractivity contribution in [3.05, 3.63) is 41.2 Å². The highest BCUT2D eigenvalue weighted by Gasteiger charge is 2.07. The normalized spacial score (nSPS) is 15.2. The van der Waals surface area contributed by atoms with Crippen LogP contribution < -0.4 is 5.32 Å². The van der Waals surface area contributed by atoms with Gasteiger partial charge in [0.05, 0.1) is 10.6 Å². The van der Waals surface area contributed by atoms with Gasteiger partial charge in [-0.3, -0.25) is 0 Å². The van der Waals surface area contributed by atoms with Crippen molar-refractivity contribution in [2.45, 2.75) is 38.6 Å². The highest BCUT2D eigenvalue weighted by molar-refractivity contribution is 7.15. The number of rotatable bonds is 6. The minimum Gasteiger partial charge on any atom is -0.350 e. The summed E-state index contributed by atoms with van der Waals surface area (Å²) in [7, 11) is 2.07. The van der Waals surface area contributed by atoms with E-state index in [1.807, 2.05) is 6.20 Å². The summed E-state index contributed by atoms with van der Waals surface area (Å²) < 4.78 is 2.14. The van der Waals surface area contributed by atoms with E-state index in [1.54, 1.807) is 16.9 Å². The lowest BCUT2D eigenvalue weighted by Crippen LogP contribution is -2.15. The molecule has 3 nitrogen and oxygen atoms in total. The Kier molecular flexibility index (Phi) is 4.88. The largest absolute Gasteiger partial charge is 0.350 e. The minimum atomic E-state index is 0.877. The third-order valence-corrected chi connectivity index (χ3v) is 5.05. The van der Waals surface area contributed by atoms with E-state index in [1.165, 1.54) is 47.7 Å². The summed E-state index contributed by atoms with van der Waals surface area (Å²) in [6.07, 6.45) is 13.0. The Morgan fingerprint density at radius 2 is 2.33 bits per heavy atom. The van der Waals surface area contributed by atoms with Crippen LogP contribution in [-0.2, 0) is 13.6 Å². The molecule has 0 aromatic carbocycles. The quantitative estimate of drug-likeness (QED) is 0.642. The van der Waals surface area contributed by atoms with Crippen molar-refractivity contribution in [2.75, 3.05) is 6.54 Å². The summed E-state index contributed by atoms with van der Waals surface area (Å²) in [4.78, 5) is 5.77. The summed E-state index contributed by atoms with van der Waals surface area (Å²) in [5.41, 5.74) is 2.88. The summed E-state index contributed by atoms with van der Waals surface area (Å²) in [5.74, 6) is 0. The van der Waals surface area contributed by atoms with Crippen molar-refractivity contribution in [1.82, 2.24) is 14.9 Å². The van der Waals surface area contributed by atoms with Crippen LogP contribution in [0.1, 0.15) is 37.1 Å². The molecule has 0 spiro atoms. The highest BCUT2D eigenvalue weighted by atomic mass is 32.1. The molecule has 0 radical (unpaired) electrons. The first-order chi connectivity index (χ1) is 10.3. The predicted molar refractivity (Wildman–Crippen MR) is 89.4 cm³/mol. The van der Waals surface area contributed by atoms with Crippen LogP contribution in [0, 0.1) is 0 Å². The number of hydrogen-bond acceptors (Lipinski definition) is 3. The highest BCUT2D eigenvalue weighted by Crippen LogP contribution is 2.26. The number of aryl methyl sites for hydroxylation is 1. The molecule has 0 unspecified atom stereocenters. The predicted octanol–water partition coefficient (Wildman–Crippen LogP) is 4.13. The van der Waals surface area contributed by atoms with Crippen LogP contribution in [0.4, 0.5) is 0 Å². The van der Waals surface area contributed by atoms with Crippen LogP contribution in [0.5, 0.6) is 0 Å². The fourth-order valence-electron chi connectivity index (χ4n) is 2.80. The van der Waals surface area contributed by atoms with Crippen molar-refractivity contribution < 1.29 is 0 Å². The summed E-state index contributed by atoms with van der Waals surface area (Å²) in [6, 6.07) is 4.21. The van der Waals surface area contributed by atoms with Gasteiger partial charge in [0.1, 0.15) is 5.01 Å². The van der Waals surface area contributed by atoms with Crippen molar-refractivity contribution >= 4 is 11.3 Å². The first-order valence-corrected chi connectivity index (χ1v) is 8.59. The van der Waals surface area contributed by atoms with Crippen LogP contribution in [0.15, 0.2) is 36.2 Å². The van der Waals surface area contributed by atoms with E-state index in [-0.39, 0.29) is 0 Å².